The van der Waals surface area contributed by atoms with E-state index in [-0.39, 0.29) is 26.2 Å². The third-order valence-electron chi connectivity index (χ3n) is 5.46. The summed E-state index contributed by atoms with van der Waals surface area (Å²) in [6, 6.07) is 16.5. The van der Waals surface area contributed by atoms with Crippen LogP contribution in [-0.4, -0.2) is 33.5 Å². The summed E-state index contributed by atoms with van der Waals surface area (Å²) in [5.74, 6) is -1.16. The van der Waals surface area contributed by atoms with E-state index < -0.39 is 43.2 Å². The Balaban J connectivity index is 1.44. The van der Waals surface area contributed by atoms with E-state index in [1.54, 1.807) is 0 Å². The first kappa shape index (κ1) is 26.6. The van der Waals surface area contributed by atoms with Crippen molar-refractivity contribution in [1.29, 1.82) is 0 Å². The number of aromatic nitrogens is 2. The van der Waals surface area contributed by atoms with E-state index in [9.17, 15) is 23.7 Å². The predicted molar refractivity (Wildman–Crippen MR) is 132 cm³/mol. The largest absolute Gasteiger partial charge is 0.406 e. The zero-order chi connectivity index (χ0) is 25.7. The van der Waals surface area contributed by atoms with Gasteiger partial charge in [0.15, 0.2) is 0 Å². The van der Waals surface area contributed by atoms with Crippen LogP contribution in [0.3, 0.4) is 0 Å². The molecule has 1 aliphatic rings. The Morgan fingerprint density at radius 2 is 1.92 bits per heavy atom. The standard InChI is InChI=1S/C23H24BrFN3O7P/c24-17-8-4-7-16(9-17)13-33-36(32,26-11-15-5-2-1-3-6-15)34-14-20-19(29)10-21(35-20)28-12-18(25)22(30)27-23(28)31/h1-9,12,19-21,29H,10-11,13-14H2,(H,26,32)(H,27,30,31)/t19-,20+,21+,36?/m0/s1. The molecule has 0 bridgehead atoms. The highest BCUT2D eigenvalue weighted by Gasteiger charge is 2.38. The lowest BCUT2D eigenvalue weighted by molar-refractivity contribution is -0.0442. The van der Waals surface area contributed by atoms with Crippen molar-refractivity contribution in [3.8, 4) is 0 Å². The summed E-state index contributed by atoms with van der Waals surface area (Å²) in [5.41, 5.74) is -0.425. The molecule has 0 aliphatic carbocycles. The molecule has 1 unspecified atom stereocenters. The zero-order valence-electron chi connectivity index (χ0n) is 18.9. The van der Waals surface area contributed by atoms with Crippen molar-refractivity contribution in [2.24, 2.45) is 0 Å². The summed E-state index contributed by atoms with van der Waals surface area (Å²) < 4.78 is 45.8. The van der Waals surface area contributed by atoms with Crippen LogP contribution in [0.4, 0.5) is 4.39 Å². The number of halogens is 2. The minimum atomic E-state index is -3.89. The minimum absolute atomic E-state index is 0.0126. The molecule has 1 fully saturated rings. The molecule has 36 heavy (non-hydrogen) atoms. The van der Waals surface area contributed by atoms with Crippen LogP contribution in [0.15, 0.2) is 74.9 Å². The molecule has 2 aromatic carbocycles. The van der Waals surface area contributed by atoms with E-state index in [1.165, 1.54) is 0 Å². The molecule has 1 aromatic heterocycles. The first-order valence-electron chi connectivity index (χ1n) is 11.0. The van der Waals surface area contributed by atoms with Gasteiger partial charge in [-0.05, 0) is 23.3 Å². The second kappa shape index (κ2) is 11.7. The van der Waals surface area contributed by atoms with Gasteiger partial charge in [-0.1, -0.05) is 58.4 Å². The van der Waals surface area contributed by atoms with Crippen LogP contribution in [0.2, 0.25) is 0 Å². The van der Waals surface area contributed by atoms with E-state index in [1.807, 2.05) is 59.6 Å². The fourth-order valence-electron chi connectivity index (χ4n) is 3.58. The van der Waals surface area contributed by atoms with Crippen LogP contribution < -0.4 is 16.3 Å². The van der Waals surface area contributed by atoms with E-state index in [4.69, 9.17) is 13.8 Å². The molecule has 3 aromatic rings. The zero-order valence-corrected chi connectivity index (χ0v) is 21.4. The predicted octanol–water partition coefficient (Wildman–Crippen LogP) is 3.22. The van der Waals surface area contributed by atoms with Crippen molar-refractivity contribution in [2.75, 3.05) is 6.61 Å². The molecule has 1 saturated heterocycles. The average Bonchev–Trinajstić information content (AvgIpc) is 3.23. The fourth-order valence-corrected chi connectivity index (χ4v) is 5.32. The molecule has 2 heterocycles. The van der Waals surface area contributed by atoms with Crippen molar-refractivity contribution in [1.82, 2.24) is 14.6 Å². The van der Waals surface area contributed by atoms with Gasteiger partial charge in [0.25, 0.3) is 5.56 Å². The molecular formula is C23H24BrFN3O7P. The molecule has 0 amide bonds. The molecule has 10 nitrogen and oxygen atoms in total. The van der Waals surface area contributed by atoms with Gasteiger partial charge in [-0.2, -0.15) is 4.39 Å². The SMILES string of the molecule is O=c1[nH]c(=O)n([C@H]2C[C@H](O)[C@@H](COP(=O)(NCc3ccccc3)OCc3cccc(Br)c3)O2)cc1F. The Hall–Kier alpha value is -2.44. The number of benzene rings is 2. The second-order valence-corrected chi connectivity index (χ2v) is 10.8. The average molecular weight is 584 g/mol. The maximum Gasteiger partial charge on any atom is 0.406 e. The van der Waals surface area contributed by atoms with Gasteiger partial charge in [0, 0.05) is 17.4 Å². The number of aromatic amines is 1. The van der Waals surface area contributed by atoms with E-state index >= 15 is 0 Å². The smallest absolute Gasteiger partial charge is 0.390 e. The van der Waals surface area contributed by atoms with E-state index in [0.717, 1.165) is 26.4 Å². The Labute approximate surface area is 213 Å². The van der Waals surface area contributed by atoms with Gasteiger partial charge in [-0.3, -0.25) is 23.4 Å². The Kier molecular flexibility index (Phi) is 8.68. The normalized spacial score (nSPS) is 21.4. The first-order valence-corrected chi connectivity index (χ1v) is 13.3. The lowest BCUT2D eigenvalue weighted by Crippen LogP contribution is -2.34. The van der Waals surface area contributed by atoms with Crippen molar-refractivity contribution < 1.29 is 27.8 Å². The minimum Gasteiger partial charge on any atom is -0.390 e. The second-order valence-electron chi connectivity index (χ2n) is 8.09. The number of hydrogen-bond acceptors (Lipinski definition) is 7. The van der Waals surface area contributed by atoms with Gasteiger partial charge < -0.3 is 9.84 Å². The molecule has 192 valence electrons. The van der Waals surface area contributed by atoms with Crippen molar-refractivity contribution in [3.05, 3.63) is 103 Å². The number of aliphatic hydroxyl groups excluding tert-OH is 1. The molecule has 4 rings (SSSR count). The van der Waals surface area contributed by atoms with Crippen LogP contribution in [0.25, 0.3) is 0 Å². The number of rotatable bonds is 10. The molecule has 1 aliphatic heterocycles. The van der Waals surface area contributed by atoms with Crippen molar-refractivity contribution in [3.63, 3.8) is 0 Å². The summed E-state index contributed by atoms with van der Waals surface area (Å²) in [7, 11) is -3.89. The maximum atomic E-state index is 13.7. The van der Waals surface area contributed by atoms with Crippen molar-refractivity contribution >= 4 is 23.7 Å². The summed E-state index contributed by atoms with van der Waals surface area (Å²) in [4.78, 5) is 25.2. The topological polar surface area (TPSA) is 132 Å². The number of aliphatic hydroxyl groups is 1. The van der Waals surface area contributed by atoms with Crippen molar-refractivity contribution in [2.45, 2.75) is 38.0 Å². The Morgan fingerprint density at radius 1 is 1.17 bits per heavy atom. The lowest BCUT2D eigenvalue weighted by Gasteiger charge is -2.22. The monoisotopic (exact) mass is 583 g/mol. The molecule has 0 saturated carbocycles. The third-order valence-corrected chi connectivity index (χ3v) is 7.45. The summed E-state index contributed by atoms with van der Waals surface area (Å²) >= 11 is 3.38. The highest BCUT2D eigenvalue weighted by atomic mass is 79.9. The summed E-state index contributed by atoms with van der Waals surface area (Å²) in [6.45, 7) is -0.156. The molecule has 13 heteroatoms. The molecule has 0 spiro atoms. The molecule has 3 N–H and O–H groups in total. The number of H-pyrrole nitrogens is 1. The van der Waals surface area contributed by atoms with Gasteiger partial charge in [0.05, 0.1) is 25.5 Å². The lowest BCUT2D eigenvalue weighted by atomic mass is 10.2. The van der Waals surface area contributed by atoms with Crippen LogP contribution in [0, 0.1) is 5.82 Å². The van der Waals surface area contributed by atoms with Gasteiger partial charge in [0.2, 0.25) is 5.82 Å². The Morgan fingerprint density at radius 3 is 2.67 bits per heavy atom. The number of hydrogen-bond donors (Lipinski definition) is 3. The number of nitrogens with zero attached hydrogens (tertiary/aromatic N) is 1. The summed E-state index contributed by atoms with van der Waals surface area (Å²) in [5, 5.41) is 13.3. The van der Waals surface area contributed by atoms with Gasteiger partial charge in [-0.15, -0.1) is 0 Å². The van der Waals surface area contributed by atoms with Crippen LogP contribution in [0.5, 0.6) is 0 Å². The molecule has 0 radical (unpaired) electrons. The van der Waals surface area contributed by atoms with Gasteiger partial charge in [-0.25, -0.2) is 14.4 Å². The highest BCUT2D eigenvalue weighted by Crippen LogP contribution is 2.46. The molecular weight excluding hydrogens is 560 g/mol. The van der Waals surface area contributed by atoms with Crippen LogP contribution in [-0.2, 0) is 31.5 Å². The Bertz CT molecular complexity index is 1350. The van der Waals surface area contributed by atoms with Gasteiger partial charge >= 0.3 is 13.4 Å². The first-order chi connectivity index (χ1) is 17.2. The number of ether oxygens (including phenoxy) is 1. The maximum absolute atomic E-state index is 13.7. The van der Waals surface area contributed by atoms with Gasteiger partial charge in [0.1, 0.15) is 12.3 Å². The van der Waals surface area contributed by atoms with Crippen LogP contribution in [0.1, 0.15) is 23.8 Å². The quantitative estimate of drug-likeness (QED) is 0.310. The fraction of sp³-hybridized carbons (Fsp3) is 0.304. The third kappa shape index (κ3) is 6.86. The van der Waals surface area contributed by atoms with E-state index in [2.05, 4.69) is 21.0 Å². The number of nitrogens with one attached hydrogen (secondary N) is 2. The summed E-state index contributed by atoms with van der Waals surface area (Å²) in [6.07, 6.45) is -2.50. The molecule has 4 atom stereocenters. The van der Waals surface area contributed by atoms with Crippen LogP contribution >= 0.6 is 23.7 Å². The van der Waals surface area contributed by atoms with E-state index in [0.29, 0.717) is 0 Å². The highest BCUT2D eigenvalue weighted by molar-refractivity contribution is 9.10.